The van der Waals surface area contributed by atoms with Crippen LogP contribution < -0.4 is 5.73 Å². The van der Waals surface area contributed by atoms with E-state index in [1.807, 2.05) is 0 Å². The van der Waals surface area contributed by atoms with Crippen LogP contribution in [0.5, 0.6) is 0 Å². The first-order valence-electron chi connectivity index (χ1n) is 2.37. The van der Waals surface area contributed by atoms with Crippen molar-refractivity contribution in [1.82, 2.24) is 0 Å². The molecule has 54 valence electrons. The van der Waals surface area contributed by atoms with E-state index in [-0.39, 0.29) is 0 Å². The monoisotopic (exact) mass is 137 g/mol. The van der Waals surface area contributed by atoms with Gasteiger partial charge in [0.15, 0.2) is 0 Å². The van der Waals surface area contributed by atoms with Crippen LogP contribution in [0.15, 0.2) is 0 Å². The summed E-state index contributed by atoms with van der Waals surface area (Å²) in [6.45, 7) is -0.631. The summed E-state index contributed by atoms with van der Waals surface area (Å²) in [5, 5.41) is 24.8. The third-order valence-electron chi connectivity index (χ3n) is 0.887. The van der Waals surface area contributed by atoms with Gasteiger partial charge in [0.1, 0.15) is 12.1 Å². The lowest BCUT2D eigenvalue weighted by atomic mass is 10.8. The molecular weight excluding hydrogens is 128 g/mol. The first-order valence-corrected chi connectivity index (χ1v) is 2.37. The van der Waals surface area contributed by atoms with Crippen molar-refractivity contribution in [2.45, 2.75) is 12.1 Å². The van der Waals surface area contributed by atoms with Crippen molar-refractivity contribution in [3.8, 4) is 0 Å². The van der Waals surface area contributed by atoms with Gasteiger partial charge in [-0.15, -0.1) is 0 Å². The summed E-state index contributed by atoms with van der Waals surface area (Å²) in [5.74, 6) is -1.32. The highest BCUT2D eigenvalue weighted by atomic mass is 16.4. The van der Waals surface area contributed by atoms with Gasteiger partial charge in [-0.1, -0.05) is 0 Å². The number of aliphatic hydroxyl groups is 2. The number of aliphatic hydroxyl groups excluding tert-OH is 2. The molecule has 9 heavy (non-hydrogen) atoms. The largest absolute Gasteiger partial charge is 0.480 e. The molecule has 0 aliphatic rings. The van der Waals surface area contributed by atoms with Crippen molar-refractivity contribution < 1.29 is 20.1 Å². The Morgan fingerprint density at radius 1 is 1.67 bits per heavy atom. The number of aliphatic carboxylic acids is 1. The lowest BCUT2D eigenvalue weighted by Gasteiger charge is -2.10. The Hall–Kier alpha value is -0.650. The van der Waals surface area contributed by atoms with Gasteiger partial charge >= 0.3 is 5.97 Å². The molecule has 0 spiro atoms. The second-order valence-electron chi connectivity index (χ2n) is 1.61. The molecule has 5 heteroatoms. The minimum Gasteiger partial charge on any atom is -0.480 e. The molecule has 0 bridgehead atoms. The molecule has 0 radical (unpaired) electrons. The van der Waals surface area contributed by atoms with Gasteiger partial charge in [-0.25, -0.2) is 0 Å². The van der Waals surface area contributed by atoms with Gasteiger partial charge in [-0.2, -0.15) is 0 Å². The highest BCUT2D eigenvalue weighted by Gasteiger charge is 2.20. The Morgan fingerprint density at radius 3 is 2.22 bits per heavy atom. The first-order chi connectivity index (χ1) is 4.09. The molecule has 0 aliphatic carbocycles. The normalized spacial score (nSPS) is 16.8. The molecule has 5 N–H and O–H groups in total. The van der Waals surface area contributed by atoms with Gasteiger partial charge in [0, 0.05) is 0 Å². The minimum atomic E-state index is -1.39. The topological polar surface area (TPSA) is 104 Å². The third kappa shape index (κ3) is 2.41. The Balaban J connectivity index is 3.72. The number of hydrogen-bond acceptors (Lipinski definition) is 4. The maximum atomic E-state index is 9.90. The fourth-order valence-electron chi connectivity index (χ4n) is 0.278. The van der Waals surface area contributed by atoms with Gasteiger partial charge in [-0.05, 0) is 0 Å². The standard InChI is InChI=1S/C4H9NO4/c5-3(4(8)9)2(7)1-6/h2-3,6-7H,1,5H2,(H,8,9)/t2-,3+/m1/s1/i2+1,3+1. The zero-order valence-electron chi connectivity index (χ0n) is 4.69. The molecule has 0 aromatic heterocycles. The molecule has 0 aromatic carbocycles. The fraction of sp³-hybridized carbons (Fsp3) is 0.750. The predicted molar refractivity (Wildman–Crippen MR) is 28.7 cm³/mol. The van der Waals surface area contributed by atoms with Gasteiger partial charge in [-0.3, -0.25) is 4.79 Å². The van der Waals surface area contributed by atoms with Crippen LogP contribution >= 0.6 is 0 Å². The van der Waals surface area contributed by atoms with Crippen LogP contribution in [0.2, 0.25) is 0 Å². The van der Waals surface area contributed by atoms with Crippen molar-refractivity contribution in [3.63, 3.8) is 0 Å². The number of carboxylic acids is 1. The Morgan fingerprint density at radius 2 is 2.11 bits per heavy atom. The molecule has 0 rings (SSSR count). The molecular formula is C4H9NO4. The van der Waals surface area contributed by atoms with E-state index in [0.29, 0.717) is 0 Å². The summed E-state index contributed by atoms with van der Waals surface area (Å²) in [6, 6.07) is -1.39. The zero-order chi connectivity index (χ0) is 7.44. The molecule has 5 nitrogen and oxygen atoms in total. The summed E-state index contributed by atoms with van der Waals surface area (Å²) in [7, 11) is 0. The van der Waals surface area contributed by atoms with Crippen LogP contribution in [0, 0.1) is 0 Å². The van der Waals surface area contributed by atoms with E-state index in [1.165, 1.54) is 0 Å². The van der Waals surface area contributed by atoms with E-state index >= 15 is 0 Å². The van der Waals surface area contributed by atoms with Crippen LogP contribution in [-0.4, -0.2) is 40.0 Å². The van der Waals surface area contributed by atoms with Crippen molar-refractivity contribution in [3.05, 3.63) is 0 Å². The van der Waals surface area contributed by atoms with E-state index in [1.54, 1.807) is 0 Å². The van der Waals surface area contributed by atoms with E-state index in [4.69, 9.17) is 21.1 Å². The van der Waals surface area contributed by atoms with Crippen molar-refractivity contribution >= 4 is 5.97 Å². The van der Waals surface area contributed by atoms with Crippen LogP contribution in [-0.2, 0) is 4.79 Å². The highest BCUT2D eigenvalue weighted by Crippen LogP contribution is 1.87. The number of carboxylic acid groups (broad SMARTS) is 1. The lowest BCUT2D eigenvalue weighted by molar-refractivity contribution is -0.141. The van der Waals surface area contributed by atoms with Gasteiger partial charge in [0.05, 0.1) is 6.61 Å². The number of hydrogen-bond donors (Lipinski definition) is 4. The first kappa shape index (κ1) is 8.35. The number of rotatable bonds is 3. The summed E-state index contributed by atoms with van der Waals surface area (Å²) in [6.07, 6.45) is -1.37. The van der Waals surface area contributed by atoms with Crippen LogP contribution in [0.25, 0.3) is 0 Å². The minimum absolute atomic E-state index is 0.631. The summed E-state index contributed by atoms with van der Waals surface area (Å²) >= 11 is 0. The summed E-state index contributed by atoms with van der Waals surface area (Å²) in [5.41, 5.74) is 4.86. The second-order valence-corrected chi connectivity index (χ2v) is 1.61. The van der Waals surface area contributed by atoms with Crippen LogP contribution in [0.1, 0.15) is 0 Å². The van der Waals surface area contributed by atoms with E-state index in [0.717, 1.165) is 0 Å². The fourth-order valence-corrected chi connectivity index (χ4v) is 0.278. The van der Waals surface area contributed by atoms with E-state index in [9.17, 15) is 4.79 Å². The molecule has 0 aliphatic heterocycles. The molecule has 0 unspecified atom stereocenters. The Kier molecular flexibility index (Phi) is 3.15. The Labute approximate surface area is 51.7 Å². The van der Waals surface area contributed by atoms with Crippen LogP contribution in [0.4, 0.5) is 0 Å². The molecule has 0 saturated carbocycles. The molecule has 0 amide bonds. The second kappa shape index (κ2) is 3.39. The molecule has 0 heterocycles. The molecule has 0 fully saturated rings. The van der Waals surface area contributed by atoms with Gasteiger partial charge in [0.25, 0.3) is 0 Å². The molecule has 2 atom stereocenters. The van der Waals surface area contributed by atoms with E-state index < -0.39 is 24.7 Å². The van der Waals surface area contributed by atoms with E-state index in [2.05, 4.69) is 0 Å². The summed E-state index contributed by atoms with van der Waals surface area (Å²) in [4.78, 5) is 9.90. The smallest absolute Gasteiger partial charge is 0.323 e. The maximum Gasteiger partial charge on any atom is 0.323 e. The SMILES string of the molecule is N[13C@H](C(=O)O)[13C@H](O)CO. The highest BCUT2D eigenvalue weighted by molar-refractivity contribution is 5.73. The third-order valence-corrected chi connectivity index (χ3v) is 0.887. The average Bonchev–Trinajstić information content (AvgIpc) is 1.84. The summed E-state index contributed by atoms with van der Waals surface area (Å²) < 4.78 is 0. The Bertz CT molecular complexity index is 105. The quantitative estimate of drug-likeness (QED) is 0.329. The van der Waals surface area contributed by atoms with Gasteiger partial charge in [0.2, 0.25) is 0 Å². The lowest BCUT2D eigenvalue weighted by Crippen LogP contribution is -2.43. The average molecular weight is 137 g/mol. The maximum absolute atomic E-state index is 9.90. The van der Waals surface area contributed by atoms with Crippen molar-refractivity contribution in [2.75, 3.05) is 6.61 Å². The number of nitrogens with two attached hydrogens (primary N) is 1. The zero-order valence-corrected chi connectivity index (χ0v) is 4.69. The molecule has 0 saturated heterocycles. The number of carbonyl (C=O) groups is 1. The molecule has 0 aromatic rings. The van der Waals surface area contributed by atoms with Gasteiger partial charge < -0.3 is 21.1 Å². The predicted octanol–water partition coefficient (Wildman–Crippen LogP) is -2.25. The van der Waals surface area contributed by atoms with Crippen LogP contribution in [0.3, 0.4) is 0 Å². The van der Waals surface area contributed by atoms with Crippen molar-refractivity contribution in [2.24, 2.45) is 5.73 Å². The van der Waals surface area contributed by atoms with Crippen molar-refractivity contribution in [1.29, 1.82) is 0 Å².